The molecule has 1 aromatic rings. The fraction of sp³-hybridized carbons (Fsp3) is 0.714. The zero-order valence-electron chi connectivity index (χ0n) is 17.5. The number of ether oxygens (including phenoxy) is 6. The maximum atomic E-state index is 10.9. The van der Waals surface area contributed by atoms with Gasteiger partial charge in [0.1, 0.15) is 30.2 Å². The smallest absolute Gasteiger partial charge is 0.164 e. The Kier molecular flexibility index (Phi) is 6.34. The number of benzene rings is 1. The van der Waals surface area contributed by atoms with Gasteiger partial charge < -0.3 is 33.5 Å². The van der Waals surface area contributed by atoms with Crippen LogP contribution < -0.4 is 4.74 Å². The van der Waals surface area contributed by atoms with E-state index < -0.39 is 36.0 Å². The van der Waals surface area contributed by atoms with Crippen molar-refractivity contribution in [2.24, 2.45) is 0 Å². The van der Waals surface area contributed by atoms with Gasteiger partial charge in [0.25, 0.3) is 0 Å². The largest absolute Gasteiger partial charge is 0.497 e. The monoisotopic (exact) mass is 396 g/mol. The van der Waals surface area contributed by atoms with E-state index in [0.717, 1.165) is 11.3 Å². The van der Waals surface area contributed by atoms with E-state index >= 15 is 0 Å². The third-order valence-corrected chi connectivity index (χ3v) is 5.05. The van der Waals surface area contributed by atoms with Crippen LogP contribution >= 0.6 is 0 Å². The highest BCUT2D eigenvalue weighted by Gasteiger charge is 2.52. The summed E-state index contributed by atoms with van der Waals surface area (Å²) < 4.78 is 34.7. The highest BCUT2D eigenvalue weighted by Crippen LogP contribution is 2.37. The molecule has 2 saturated heterocycles. The van der Waals surface area contributed by atoms with Crippen molar-refractivity contribution < 1.29 is 33.5 Å². The number of aliphatic hydroxyl groups excluding tert-OH is 1. The van der Waals surface area contributed by atoms with Gasteiger partial charge in [-0.15, -0.1) is 0 Å². The molecule has 0 spiro atoms. The van der Waals surface area contributed by atoms with Crippen LogP contribution in [0.15, 0.2) is 24.3 Å². The van der Waals surface area contributed by atoms with Crippen molar-refractivity contribution in [2.45, 2.75) is 83.3 Å². The van der Waals surface area contributed by atoms with Crippen LogP contribution in [0.4, 0.5) is 0 Å². The Morgan fingerprint density at radius 1 is 1.07 bits per heavy atom. The molecule has 3 rings (SSSR count). The van der Waals surface area contributed by atoms with Gasteiger partial charge in [-0.3, -0.25) is 0 Å². The van der Waals surface area contributed by atoms with Crippen LogP contribution in [-0.2, 0) is 30.3 Å². The topological polar surface area (TPSA) is 75.6 Å². The molecule has 0 bridgehead atoms. The number of aliphatic hydroxyl groups is 1. The van der Waals surface area contributed by atoms with Gasteiger partial charge in [0, 0.05) is 0 Å². The van der Waals surface area contributed by atoms with Gasteiger partial charge in [-0.2, -0.15) is 0 Å². The predicted octanol–water partition coefficient (Wildman–Crippen LogP) is 2.63. The molecule has 0 amide bonds. The molecule has 2 aliphatic heterocycles. The summed E-state index contributed by atoms with van der Waals surface area (Å²) in [4.78, 5) is 0. The first kappa shape index (κ1) is 21.5. The molecular formula is C21H32O7. The number of rotatable bonds is 7. The summed E-state index contributed by atoms with van der Waals surface area (Å²) in [5, 5.41) is 10.9. The van der Waals surface area contributed by atoms with Crippen molar-refractivity contribution in [3.8, 4) is 5.75 Å². The molecule has 1 aromatic carbocycles. The minimum atomic E-state index is -0.877. The highest BCUT2D eigenvalue weighted by atomic mass is 16.8. The molecule has 1 unspecified atom stereocenters. The molecule has 2 aliphatic rings. The van der Waals surface area contributed by atoms with Crippen molar-refractivity contribution in [1.29, 1.82) is 0 Å². The van der Waals surface area contributed by atoms with Crippen LogP contribution in [0.25, 0.3) is 0 Å². The summed E-state index contributed by atoms with van der Waals surface area (Å²) in [5.74, 6) is -0.699. The first-order valence-electron chi connectivity index (χ1n) is 9.70. The lowest BCUT2D eigenvalue weighted by Gasteiger charge is -2.29. The van der Waals surface area contributed by atoms with E-state index in [0.29, 0.717) is 13.2 Å². The lowest BCUT2D eigenvalue weighted by molar-refractivity contribution is -0.176. The first-order chi connectivity index (χ1) is 13.1. The van der Waals surface area contributed by atoms with E-state index in [-0.39, 0.29) is 6.10 Å². The van der Waals surface area contributed by atoms with Crippen molar-refractivity contribution in [1.82, 2.24) is 0 Å². The van der Waals surface area contributed by atoms with Gasteiger partial charge in [-0.1, -0.05) is 12.1 Å². The van der Waals surface area contributed by atoms with Crippen LogP contribution in [0.2, 0.25) is 0 Å². The van der Waals surface area contributed by atoms with Crippen molar-refractivity contribution in [3.63, 3.8) is 0 Å². The quantitative estimate of drug-likeness (QED) is 0.759. The molecule has 2 fully saturated rings. The molecule has 28 heavy (non-hydrogen) atoms. The summed E-state index contributed by atoms with van der Waals surface area (Å²) >= 11 is 0. The Hall–Kier alpha value is -1.22. The maximum absolute atomic E-state index is 10.9. The van der Waals surface area contributed by atoms with E-state index in [1.807, 2.05) is 58.9 Å². The molecule has 7 nitrogen and oxygen atoms in total. The summed E-state index contributed by atoms with van der Waals surface area (Å²) in [6.07, 6.45) is -2.67. The van der Waals surface area contributed by atoms with E-state index in [9.17, 15) is 5.11 Å². The Bertz CT molecular complexity index is 643. The average molecular weight is 396 g/mol. The van der Waals surface area contributed by atoms with Crippen LogP contribution in [0, 0.1) is 0 Å². The number of hydrogen-bond donors (Lipinski definition) is 1. The Balaban J connectivity index is 1.62. The van der Waals surface area contributed by atoms with Crippen LogP contribution in [0.5, 0.6) is 5.75 Å². The normalized spacial score (nSPS) is 30.9. The van der Waals surface area contributed by atoms with Gasteiger partial charge in [0.15, 0.2) is 11.6 Å². The molecule has 158 valence electrons. The maximum Gasteiger partial charge on any atom is 0.164 e. The minimum Gasteiger partial charge on any atom is -0.497 e. The second-order valence-corrected chi connectivity index (χ2v) is 8.29. The molecule has 0 saturated carbocycles. The summed E-state index contributed by atoms with van der Waals surface area (Å²) in [5.41, 5.74) is 0.995. The van der Waals surface area contributed by atoms with E-state index in [2.05, 4.69) is 0 Å². The third-order valence-electron chi connectivity index (χ3n) is 5.05. The van der Waals surface area contributed by atoms with E-state index in [1.165, 1.54) is 0 Å². The molecule has 5 atom stereocenters. The molecule has 0 aliphatic carbocycles. The fourth-order valence-corrected chi connectivity index (χ4v) is 3.56. The summed E-state index contributed by atoms with van der Waals surface area (Å²) in [6, 6.07) is 7.63. The van der Waals surface area contributed by atoms with Crippen LogP contribution in [0.3, 0.4) is 0 Å². The van der Waals surface area contributed by atoms with Gasteiger partial charge >= 0.3 is 0 Å². The highest BCUT2D eigenvalue weighted by molar-refractivity contribution is 5.26. The third kappa shape index (κ3) is 5.03. The first-order valence-corrected chi connectivity index (χ1v) is 9.70. The van der Waals surface area contributed by atoms with Crippen LogP contribution in [0.1, 0.15) is 40.2 Å². The molecule has 0 radical (unpaired) electrons. The molecular weight excluding hydrogens is 364 g/mol. The molecule has 1 N–H and O–H groups in total. The van der Waals surface area contributed by atoms with Crippen molar-refractivity contribution in [2.75, 3.05) is 13.7 Å². The van der Waals surface area contributed by atoms with Crippen LogP contribution in [-0.4, -0.2) is 60.9 Å². The SMILES string of the molecule is COc1ccc(CO[C@@H](C)C(O)[C@H]2OC(C)(C)O[C@H]2[C@@H]2COC(C)(C)O2)cc1. The number of hydrogen-bond acceptors (Lipinski definition) is 7. The Morgan fingerprint density at radius 2 is 1.75 bits per heavy atom. The molecule has 7 heteroatoms. The minimum absolute atomic E-state index is 0.315. The zero-order chi connectivity index (χ0) is 20.5. The van der Waals surface area contributed by atoms with Crippen molar-refractivity contribution >= 4 is 0 Å². The van der Waals surface area contributed by atoms with E-state index in [1.54, 1.807) is 7.11 Å². The Labute approximate surface area is 166 Å². The van der Waals surface area contributed by atoms with E-state index in [4.69, 9.17) is 28.4 Å². The standard InChI is InChI=1S/C21H32O7/c1-13(24-11-14-7-9-15(23-6)10-8-14)17(22)19-18(27-21(4,5)28-19)16-12-25-20(2,3)26-16/h7-10,13,16-19,22H,11-12H2,1-6H3/t13-,16-,17?,18-,19+/m0/s1. The predicted molar refractivity (Wildman–Crippen MR) is 102 cm³/mol. The second kappa shape index (κ2) is 8.26. The summed E-state index contributed by atoms with van der Waals surface area (Å²) in [6.45, 7) is 9.98. The average Bonchev–Trinajstić information content (AvgIpc) is 3.17. The van der Waals surface area contributed by atoms with Gasteiger partial charge in [0.05, 0.1) is 26.4 Å². The zero-order valence-corrected chi connectivity index (χ0v) is 17.5. The lowest BCUT2D eigenvalue weighted by Crippen LogP contribution is -2.48. The van der Waals surface area contributed by atoms with Gasteiger partial charge in [-0.25, -0.2) is 0 Å². The van der Waals surface area contributed by atoms with Gasteiger partial charge in [0.2, 0.25) is 0 Å². The summed E-state index contributed by atoms with van der Waals surface area (Å²) in [7, 11) is 1.63. The molecule has 0 aromatic heterocycles. The second-order valence-electron chi connectivity index (χ2n) is 8.29. The molecule has 2 heterocycles. The lowest BCUT2D eigenvalue weighted by atomic mass is 10.00. The van der Waals surface area contributed by atoms with Crippen molar-refractivity contribution in [3.05, 3.63) is 29.8 Å². The Morgan fingerprint density at radius 3 is 2.32 bits per heavy atom. The number of methoxy groups -OCH3 is 1. The fourth-order valence-electron chi connectivity index (χ4n) is 3.56. The van der Waals surface area contributed by atoms with Gasteiger partial charge in [-0.05, 0) is 52.3 Å².